The lowest BCUT2D eigenvalue weighted by Gasteiger charge is -1.92. The number of nitrogens with zero attached hydrogens (tertiary/aromatic N) is 4. The summed E-state index contributed by atoms with van der Waals surface area (Å²) in [5.41, 5.74) is 4.10. The molecule has 2 rings (SSSR count). The zero-order valence-corrected chi connectivity index (χ0v) is 11.1. The summed E-state index contributed by atoms with van der Waals surface area (Å²) >= 11 is 0. The van der Waals surface area contributed by atoms with Crippen molar-refractivity contribution in [2.45, 2.75) is 27.4 Å². The second-order valence-corrected chi connectivity index (χ2v) is 4.11. The highest BCUT2D eigenvalue weighted by atomic mass is 16.3. The van der Waals surface area contributed by atoms with Gasteiger partial charge in [0.2, 0.25) is 0 Å². The molecule has 2 aromatic heterocycles. The number of aromatic nitrogens is 4. The first-order chi connectivity index (χ1) is 7.93. The topological polar surface area (TPSA) is 55.9 Å². The number of aryl methyl sites for hydroxylation is 5. The van der Waals surface area contributed by atoms with E-state index in [0.29, 0.717) is 0 Å². The fourth-order valence-electron chi connectivity index (χ4n) is 1.55. The normalized spacial score (nSPS) is 10.0. The van der Waals surface area contributed by atoms with Gasteiger partial charge in [0.05, 0.1) is 23.7 Å². The van der Waals surface area contributed by atoms with E-state index < -0.39 is 0 Å². The zero-order chi connectivity index (χ0) is 13.0. The zero-order valence-electron chi connectivity index (χ0n) is 11.1. The molecule has 17 heavy (non-hydrogen) atoms. The summed E-state index contributed by atoms with van der Waals surface area (Å²) in [6.45, 7) is 6.00. The molecule has 1 N–H and O–H groups in total. The molecule has 0 unspecified atom stereocenters. The Bertz CT molecular complexity index is 465. The first-order valence-electron chi connectivity index (χ1n) is 5.51. The van der Waals surface area contributed by atoms with Crippen LogP contribution in [0.3, 0.4) is 0 Å². The van der Waals surface area contributed by atoms with Gasteiger partial charge in [0.1, 0.15) is 0 Å². The van der Waals surface area contributed by atoms with Crippen molar-refractivity contribution in [3.05, 3.63) is 34.9 Å². The van der Waals surface area contributed by atoms with Crippen LogP contribution in [-0.4, -0.2) is 24.7 Å². The average molecular weight is 236 g/mol. The maximum Gasteiger partial charge on any atom is 0.0849 e. The van der Waals surface area contributed by atoms with Gasteiger partial charge < -0.3 is 5.11 Å². The molecule has 0 aliphatic carbocycles. The Labute approximate surface area is 102 Å². The molecule has 94 valence electrons. The van der Waals surface area contributed by atoms with E-state index in [9.17, 15) is 0 Å². The van der Waals surface area contributed by atoms with Crippen LogP contribution < -0.4 is 0 Å². The number of hydrogen-bond acceptors (Lipinski definition) is 3. The smallest absolute Gasteiger partial charge is 0.0849 e. The number of hydrogen-bond donors (Lipinski definition) is 1. The monoisotopic (exact) mass is 236 g/mol. The fraction of sp³-hybridized carbons (Fsp3) is 0.500. The summed E-state index contributed by atoms with van der Waals surface area (Å²) in [4.78, 5) is 0. The van der Waals surface area contributed by atoms with Crippen LogP contribution >= 0.6 is 0 Å². The van der Waals surface area contributed by atoms with Crippen LogP contribution in [0.5, 0.6) is 0 Å². The van der Waals surface area contributed by atoms with E-state index >= 15 is 0 Å². The fourth-order valence-corrected chi connectivity index (χ4v) is 1.55. The summed E-state index contributed by atoms with van der Waals surface area (Å²) in [6.07, 6.45) is 0. The van der Waals surface area contributed by atoms with Gasteiger partial charge in [0.15, 0.2) is 0 Å². The van der Waals surface area contributed by atoms with Gasteiger partial charge in [-0.05, 0) is 32.9 Å². The Morgan fingerprint density at radius 2 is 1.53 bits per heavy atom. The van der Waals surface area contributed by atoms with Crippen molar-refractivity contribution in [2.75, 3.05) is 0 Å². The molecule has 0 aliphatic rings. The van der Waals surface area contributed by atoms with E-state index in [-0.39, 0.29) is 6.61 Å². The van der Waals surface area contributed by atoms with Gasteiger partial charge in [-0.3, -0.25) is 9.36 Å². The molecule has 0 bridgehead atoms. The van der Waals surface area contributed by atoms with E-state index in [0.717, 1.165) is 17.1 Å². The standard InChI is InChI=1S/C6H10N2O.C6H10N2/c1-5-3-6(4-9)8(2)7-5;1-5-4-6(2)8(3)7-5/h3,9H,4H2,1-2H3;4H,1-3H3. The predicted molar refractivity (Wildman–Crippen MR) is 66.5 cm³/mol. The van der Waals surface area contributed by atoms with Gasteiger partial charge in [0, 0.05) is 19.8 Å². The SMILES string of the molecule is Cc1cc(C)n(C)n1.Cc1cc(CO)n(C)n1. The highest BCUT2D eigenvalue weighted by Crippen LogP contribution is 1.99. The van der Waals surface area contributed by atoms with Crippen molar-refractivity contribution in [3.63, 3.8) is 0 Å². The quantitative estimate of drug-likeness (QED) is 0.811. The molecule has 0 amide bonds. The number of aliphatic hydroxyl groups is 1. The molecule has 0 saturated carbocycles. The Balaban J connectivity index is 0.000000171. The first kappa shape index (κ1) is 13.4. The Hall–Kier alpha value is -1.62. The van der Waals surface area contributed by atoms with Crippen molar-refractivity contribution in [2.24, 2.45) is 14.1 Å². The van der Waals surface area contributed by atoms with Gasteiger partial charge >= 0.3 is 0 Å². The second-order valence-electron chi connectivity index (χ2n) is 4.11. The first-order valence-corrected chi connectivity index (χ1v) is 5.51. The molecule has 2 heterocycles. The van der Waals surface area contributed by atoms with E-state index in [1.165, 1.54) is 5.69 Å². The Morgan fingerprint density at radius 3 is 1.71 bits per heavy atom. The lowest BCUT2D eigenvalue weighted by atomic mass is 10.4. The molecule has 0 aliphatic heterocycles. The molecule has 0 fully saturated rings. The average Bonchev–Trinajstić information content (AvgIpc) is 2.70. The summed E-state index contributed by atoms with van der Waals surface area (Å²) in [7, 11) is 3.76. The van der Waals surface area contributed by atoms with E-state index in [4.69, 9.17) is 5.11 Å². The third kappa shape index (κ3) is 3.71. The van der Waals surface area contributed by atoms with E-state index in [1.807, 2.05) is 45.6 Å². The van der Waals surface area contributed by atoms with Crippen LogP contribution in [0.2, 0.25) is 0 Å². The molecule has 5 nitrogen and oxygen atoms in total. The van der Waals surface area contributed by atoms with Gasteiger partial charge in [0.25, 0.3) is 0 Å². The highest BCUT2D eigenvalue weighted by molar-refractivity contribution is 5.07. The van der Waals surface area contributed by atoms with Gasteiger partial charge in [-0.1, -0.05) is 0 Å². The van der Waals surface area contributed by atoms with E-state index in [1.54, 1.807) is 4.68 Å². The molecule has 0 aromatic carbocycles. The minimum Gasteiger partial charge on any atom is -0.390 e. The van der Waals surface area contributed by atoms with Crippen LogP contribution in [0, 0.1) is 20.8 Å². The molecule has 5 heteroatoms. The molecule has 2 aromatic rings. The third-order valence-corrected chi connectivity index (χ3v) is 2.50. The number of aliphatic hydroxyl groups excluding tert-OH is 1. The lowest BCUT2D eigenvalue weighted by Crippen LogP contribution is -1.96. The molecule has 0 atom stereocenters. The Kier molecular flexibility index (Phi) is 4.45. The van der Waals surface area contributed by atoms with Crippen LogP contribution in [0.1, 0.15) is 22.8 Å². The summed E-state index contributed by atoms with van der Waals surface area (Å²) in [6, 6.07) is 3.92. The largest absolute Gasteiger partial charge is 0.390 e. The maximum atomic E-state index is 8.67. The molecule has 0 radical (unpaired) electrons. The van der Waals surface area contributed by atoms with Crippen molar-refractivity contribution >= 4 is 0 Å². The van der Waals surface area contributed by atoms with Crippen molar-refractivity contribution in [1.82, 2.24) is 19.6 Å². The summed E-state index contributed by atoms with van der Waals surface area (Å²) in [5.74, 6) is 0. The van der Waals surface area contributed by atoms with Gasteiger partial charge in [-0.2, -0.15) is 10.2 Å². The number of rotatable bonds is 1. The molecule has 0 spiro atoms. The maximum absolute atomic E-state index is 8.67. The van der Waals surface area contributed by atoms with E-state index in [2.05, 4.69) is 16.3 Å². The highest BCUT2D eigenvalue weighted by Gasteiger charge is 1.97. The third-order valence-electron chi connectivity index (χ3n) is 2.50. The summed E-state index contributed by atoms with van der Waals surface area (Å²) in [5, 5.41) is 16.8. The lowest BCUT2D eigenvalue weighted by molar-refractivity contribution is 0.270. The van der Waals surface area contributed by atoms with Crippen LogP contribution in [0.25, 0.3) is 0 Å². The van der Waals surface area contributed by atoms with Crippen LogP contribution in [0.4, 0.5) is 0 Å². The van der Waals surface area contributed by atoms with Gasteiger partial charge in [-0.25, -0.2) is 0 Å². The van der Waals surface area contributed by atoms with Crippen molar-refractivity contribution in [1.29, 1.82) is 0 Å². The molecular formula is C12H20N4O. The molecular weight excluding hydrogens is 216 g/mol. The van der Waals surface area contributed by atoms with Gasteiger partial charge in [-0.15, -0.1) is 0 Å². The Morgan fingerprint density at radius 1 is 1.00 bits per heavy atom. The minimum atomic E-state index is 0.0668. The van der Waals surface area contributed by atoms with Crippen LogP contribution in [-0.2, 0) is 20.7 Å². The minimum absolute atomic E-state index is 0.0668. The van der Waals surface area contributed by atoms with Crippen LogP contribution in [0.15, 0.2) is 12.1 Å². The second kappa shape index (κ2) is 5.63. The van der Waals surface area contributed by atoms with Crippen molar-refractivity contribution < 1.29 is 5.11 Å². The predicted octanol–water partition coefficient (Wildman–Crippen LogP) is 1.26. The molecule has 0 saturated heterocycles. The van der Waals surface area contributed by atoms with Crippen molar-refractivity contribution in [3.8, 4) is 0 Å². The summed E-state index contributed by atoms with van der Waals surface area (Å²) < 4.78 is 3.55.